The van der Waals surface area contributed by atoms with Gasteiger partial charge in [-0.25, -0.2) is 4.98 Å². The number of aliphatic hydroxyl groups is 1. The first-order valence-corrected chi connectivity index (χ1v) is 5.95. The standard InChI is InChI=1S/C11H16N4O4/c1-12-10-3-2-9(15(17)18)11(13-10)14-4-5-19-7-8(14)6-16/h2-3,8,16H,4-7H2,1H3,(H,12,13). The van der Waals surface area contributed by atoms with E-state index in [4.69, 9.17) is 4.74 Å². The van der Waals surface area contributed by atoms with Gasteiger partial charge in [-0.2, -0.15) is 0 Å². The summed E-state index contributed by atoms with van der Waals surface area (Å²) in [5.41, 5.74) is -0.0700. The molecule has 1 fully saturated rings. The van der Waals surface area contributed by atoms with Crippen molar-refractivity contribution in [3.63, 3.8) is 0 Å². The van der Waals surface area contributed by atoms with E-state index >= 15 is 0 Å². The third-order valence-electron chi connectivity index (χ3n) is 3.02. The number of morpholine rings is 1. The van der Waals surface area contributed by atoms with Crippen LogP contribution in [0, 0.1) is 10.1 Å². The van der Waals surface area contributed by atoms with Crippen LogP contribution in [0.3, 0.4) is 0 Å². The molecule has 1 aliphatic rings. The molecule has 0 aliphatic carbocycles. The number of nitrogens with one attached hydrogen (secondary N) is 1. The highest BCUT2D eigenvalue weighted by atomic mass is 16.6. The Balaban J connectivity index is 2.42. The van der Waals surface area contributed by atoms with E-state index in [1.165, 1.54) is 6.07 Å². The predicted molar refractivity (Wildman–Crippen MR) is 69.5 cm³/mol. The van der Waals surface area contributed by atoms with Crippen LogP contribution in [0.5, 0.6) is 0 Å². The van der Waals surface area contributed by atoms with Crippen LogP contribution in [-0.2, 0) is 4.74 Å². The molecule has 1 saturated heterocycles. The number of hydrogen-bond acceptors (Lipinski definition) is 7. The lowest BCUT2D eigenvalue weighted by Crippen LogP contribution is -2.48. The number of rotatable bonds is 4. The van der Waals surface area contributed by atoms with E-state index in [-0.39, 0.29) is 24.2 Å². The second kappa shape index (κ2) is 5.81. The fraction of sp³-hybridized carbons (Fsp3) is 0.545. The minimum Gasteiger partial charge on any atom is -0.394 e. The van der Waals surface area contributed by atoms with E-state index < -0.39 is 4.92 Å². The van der Waals surface area contributed by atoms with Crippen LogP contribution >= 0.6 is 0 Å². The van der Waals surface area contributed by atoms with Crippen molar-refractivity contribution in [1.29, 1.82) is 0 Å². The minimum absolute atomic E-state index is 0.0700. The molecule has 19 heavy (non-hydrogen) atoms. The Morgan fingerprint density at radius 1 is 1.68 bits per heavy atom. The Morgan fingerprint density at radius 3 is 3.11 bits per heavy atom. The van der Waals surface area contributed by atoms with Crippen LogP contribution in [0.2, 0.25) is 0 Å². The molecule has 0 spiro atoms. The monoisotopic (exact) mass is 268 g/mol. The smallest absolute Gasteiger partial charge is 0.311 e. The van der Waals surface area contributed by atoms with E-state index in [1.807, 2.05) is 0 Å². The number of hydrogen-bond donors (Lipinski definition) is 2. The molecular formula is C11H16N4O4. The quantitative estimate of drug-likeness (QED) is 0.595. The van der Waals surface area contributed by atoms with Crippen LogP contribution in [-0.4, -0.2) is 54.5 Å². The van der Waals surface area contributed by atoms with Crippen molar-refractivity contribution in [1.82, 2.24) is 4.98 Å². The summed E-state index contributed by atoms with van der Waals surface area (Å²) in [4.78, 5) is 16.6. The zero-order valence-electron chi connectivity index (χ0n) is 10.6. The zero-order chi connectivity index (χ0) is 13.8. The molecule has 8 nitrogen and oxygen atoms in total. The second-order valence-corrected chi connectivity index (χ2v) is 4.15. The Hall–Kier alpha value is -1.93. The Morgan fingerprint density at radius 2 is 2.47 bits per heavy atom. The van der Waals surface area contributed by atoms with Crippen molar-refractivity contribution in [2.45, 2.75) is 6.04 Å². The first-order chi connectivity index (χ1) is 9.17. The Kier molecular flexibility index (Phi) is 4.13. The Bertz CT molecular complexity index is 468. The molecule has 1 unspecified atom stereocenters. The van der Waals surface area contributed by atoms with Gasteiger partial charge in [0.25, 0.3) is 0 Å². The van der Waals surface area contributed by atoms with E-state index in [9.17, 15) is 15.2 Å². The molecule has 1 aromatic heterocycles. The van der Waals surface area contributed by atoms with Crippen molar-refractivity contribution in [2.24, 2.45) is 0 Å². The molecule has 2 heterocycles. The largest absolute Gasteiger partial charge is 0.394 e. The zero-order valence-corrected chi connectivity index (χ0v) is 10.6. The van der Waals surface area contributed by atoms with Crippen molar-refractivity contribution in [3.8, 4) is 0 Å². The van der Waals surface area contributed by atoms with Crippen molar-refractivity contribution < 1.29 is 14.8 Å². The third-order valence-corrected chi connectivity index (χ3v) is 3.02. The van der Waals surface area contributed by atoms with E-state index in [1.54, 1.807) is 18.0 Å². The lowest BCUT2D eigenvalue weighted by Gasteiger charge is -2.35. The number of nitrogens with zero attached hydrogens (tertiary/aromatic N) is 3. The van der Waals surface area contributed by atoms with Crippen LogP contribution in [0.1, 0.15) is 0 Å². The number of anilines is 2. The first-order valence-electron chi connectivity index (χ1n) is 5.95. The lowest BCUT2D eigenvalue weighted by atomic mass is 10.2. The Labute approximate surface area is 110 Å². The highest BCUT2D eigenvalue weighted by molar-refractivity contribution is 5.62. The van der Waals surface area contributed by atoms with Gasteiger partial charge in [0.05, 0.1) is 30.8 Å². The van der Waals surface area contributed by atoms with Crippen LogP contribution in [0.25, 0.3) is 0 Å². The molecule has 2 rings (SSSR count). The van der Waals surface area contributed by atoms with Crippen molar-refractivity contribution >= 4 is 17.3 Å². The molecule has 0 saturated carbocycles. The molecule has 8 heteroatoms. The molecule has 2 N–H and O–H groups in total. The van der Waals surface area contributed by atoms with Gasteiger partial charge in [0.2, 0.25) is 5.82 Å². The van der Waals surface area contributed by atoms with Gasteiger partial charge in [0.15, 0.2) is 0 Å². The van der Waals surface area contributed by atoms with Gasteiger partial charge in [0.1, 0.15) is 5.82 Å². The fourth-order valence-electron chi connectivity index (χ4n) is 2.02. The van der Waals surface area contributed by atoms with Gasteiger partial charge in [-0.1, -0.05) is 0 Å². The summed E-state index contributed by atoms with van der Waals surface area (Å²) in [6, 6.07) is 2.65. The van der Waals surface area contributed by atoms with E-state index in [0.29, 0.717) is 25.6 Å². The molecule has 104 valence electrons. The number of ether oxygens (including phenoxy) is 1. The SMILES string of the molecule is CNc1ccc([N+](=O)[O-])c(N2CCOCC2CO)n1. The summed E-state index contributed by atoms with van der Waals surface area (Å²) in [5.74, 6) is 0.808. The highest BCUT2D eigenvalue weighted by Gasteiger charge is 2.29. The third kappa shape index (κ3) is 2.74. The predicted octanol–water partition coefficient (Wildman–Crippen LogP) is 0.229. The summed E-state index contributed by atoms with van der Waals surface area (Å²) in [6.07, 6.45) is 0. The molecule has 0 radical (unpaired) electrons. The average molecular weight is 268 g/mol. The molecule has 0 bridgehead atoms. The van der Waals surface area contributed by atoms with Gasteiger partial charge in [-0.15, -0.1) is 0 Å². The maximum atomic E-state index is 11.1. The summed E-state index contributed by atoms with van der Waals surface area (Å²) in [5, 5.41) is 23.3. The van der Waals surface area contributed by atoms with Crippen molar-refractivity contribution in [2.75, 3.05) is 43.6 Å². The summed E-state index contributed by atoms with van der Waals surface area (Å²) < 4.78 is 5.27. The topological polar surface area (TPSA) is 101 Å². The molecule has 1 aromatic rings. The van der Waals surface area contributed by atoms with Gasteiger partial charge in [-0.05, 0) is 6.07 Å². The highest BCUT2D eigenvalue weighted by Crippen LogP contribution is 2.29. The minimum atomic E-state index is -0.467. The molecule has 1 atom stereocenters. The van der Waals surface area contributed by atoms with Gasteiger partial charge in [-0.3, -0.25) is 10.1 Å². The van der Waals surface area contributed by atoms with Gasteiger partial charge < -0.3 is 20.1 Å². The van der Waals surface area contributed by atoms with Crippen LogP contribution < -0.4 is 10.2 Å². The van der Waals surface area contributed by atoms with Gasteiger partial charge >= 0.3 is 5.69 Å². The van der Waals surface area contributed by atoms with Crippen molar-refractivity contribution in [3.05, 3.63) is 22.2 Å². The summed E-state index contributed by atoms with van der Waals surface area (Å²) in [6.45, 7) is 1.12. The summed E-state index contributed by atoms with van der Waals surface area (Å²) in [7, 11) is 1.70. The van der Waals surface area contributed by atoms with E-state index in [2.05, 4.69) is 10.3 Å². The van der Waals surface area contributed by atoms with Crippen LogP contribution in [0.4, 0.5) is 17.3 Å². The normalized spacial score (nSPS) is 19.3. The fourth-order valence-corrected chi connectivity index (χ4v) is 2.02. The molecule has 0 aromatic carbocycles. The number of aliphatic hydroxyl groups excluding tert-OH is 1. The molecular weight excluding hydrogens is 252 g/mol. The molecule has 1 aliphatic heterocycles. The number of nitro groups is 1. The van der Waals surface area contributed by atoms with Crippen LogP contribution in [0.15, 0.2) is 12.1 Å². The first kappa shape index (κ1) is 13.5. The molecule has 0 amide bonds. The van der Waals surface area contributed by atoms with Gasteiger partial charge in [0, 0.05) is 19.7 Å². The average Bonchev–Trinajstić information content (AvgIpc) is 2.46. The second-order valence-electron chi connectivity index (χ2n) is 4.15. The van der Waals surface area contributed by atoms with E-state index in [0.717, 1.165) is 0 Å². The summed E-state index contributed by atoms with van der Waals surface area (Å²) >= 11 is 0. The lowest BCUT2D eigenvalue weighted by molar-refractivity contribution is -0.384. The number of pyridine rings is 1. The maximum absolute atomic E-state index is 11.1. The maximum Gasteiger partial charge on any atom is 0.311 e. The number of aromatic nitrogens is 1.